The number of nitrogens with zero attached hydrogens (tertiary/aromatic N) is 3. The largest absolute Gasteiger partial charge is 0.463 e. The molecule has 0 aliphatic carbocycles. The van der Waals surface area contributed by atoms with Gasteiger partial charge in [0, 0.05) is 55.6 Å². The highest BCUT2D eigenvalue weighted by molar-refractivity contribution is 6.31. The van der Waals surface area contributed by atoms with Crippen molar-refractivity contribution in [2.75, 3.05) is 45.9 Å². The number of hydrogen-bond donors (Lipinski definition) is 1. The minimum Gasteiger partial charge on any atom is -0.463 e. The quantitative estimate of drug-likeness (QED) is 0.420. The van der Waals surface area contributed by atoms with Crippen LogP contribution in [0.2, 0.25) is 5.02 Å². The highest BCUT2D eigenvalue weighted by atomic mass is 35.5. The van der Waals surface area contributed by atoms with Crippen molar-refractivity contribution >= 4 is 29.5 Å². The van der Waals surface area contributed by atoms with E-state index in [2.05, 4.69) is 16.8 Å². The Labute approximate surface area is 222 Å². The smallest absolute Gasteiger partial charge is 0.338 e. The maximum absolute atomic E-state index is 13.3. The molecule has 1 atom stereocenters. The fourth-order valence-corrected chi connectivity index (χ4v) is 4.92. The Morgan fingerprint density at radius 1 is 1.08 bits per heavy atom. The number of piperazine rings is 1. The molecule has 4 rings (SSSR count). The monoisotopic (exact) mass is 522 g/mol. The summed E-state index contributed by atoms with van der Waals surface area (Å²) in [5.74, 6) is -0.509. The standard InChI is InChI=1S/C28H31ClN4O4/c1-3-14-33-23(19-31-15-17-32(18-16-31)26(34)20-10-6-5-7-11-20)24(27(35)37-4-2)25(30-28(33)36)21-12-8-9-13-22(21)29/h3,5-13,25H,1,4,14-19H2,2H3,(H,30,36). The second-order valence-corrected chi connectivity index (χ2v) is 9.23. The van der Waals surface area contributed by atoms with Gasteiger partial charge in [-0.1, -0.05) is 54.1 Å². The molecule has 194 valence electrons. The average molecular weight is 523 g/mol. The summed E-state index contributed by atoms with van der Waals surface area (Å²) in [4.78, 5) is 44.9. The Bertz CT molecular complexity index is 1190. The van der Waals surface area contributed by atoms with Crippen LogP contribution in [0.3, 0.4) is 0 Å². The molecule has 1 N–H and O–H groups in total. The van der Waals surface area contributed by atoms with Gasteiger partial charge < -0.3 is 15.0 Å². The first kappa shape index (κ1) is 26.4. The van der Waals surface area contributed by atoms with Gasteiger partial charge in [-0.25, -0.2) is 9.59 Å². The maximum atomic E-state index is 13.3. The van der Waals surface area contributed by atoms with Gasteiger partial charge in [-0.15, -0.1) is 6.58 Å². The first-order chi connectivity index (χ1) is 17.9. The summed E-state index contributed by atoms with van der Waals surface area (Å²) in [5.41, 5.74) is 2.18. The molecule has 0 spiro atoms. The summed E-state index contributed by atoms with van der Waals surface area (Å²) in [6.45, 7) is 8.56. The van der Waals surface area contributed by atoms with Crippen LogP contribution in [0.25, 0.3) is 0 Å². The van der Waals surface area contributed by atoms with E-state index in [-0.39, 0.29) is 25.1 Å². The predicted octanol–water partition coefficient (Wildman–Crippen LogP) is 3.87. The number of hydrogen-bond acceptors (Lipinski definition) is 5. The zero-order valence-corrected chi connectivity index (χ0v) is 21.6. The number of ether oxygens (including phenoxy) is 1. The lowest BCUT2D eigenvalue weighted by Crippen LogP contribution is -2.54. The van der Waals surface area contributed by atoms with Crippen LogP contribution in [-0.4, -0.2) is 78.5 Å². The van der Waals surface area contributed by atoms with Crippen molar-refractivity contribution in [2.24, 2.45) is 0 Å². The summed E-state index contributed by atoms with van der Waals surface area (Å²) in [6, 6.07) is 15.3. The van der Waals surface area contributed by atoms with Crippen molar-refractivity contribution < 1.29 is 19.1 Å². The lowest BCUT2D eigenvalue weighted by molar-refractivity contribution is -0.139. The fourth-order valence-electron chi connectivity index (χ4n) is 4.67. The molecule has 1 fully saturated rings. The third-order valence-corrected chi connectivity index (χ3v) is 6.86. The normalized spacial score (nSPS) is 18.4. The summed E-state index contributed by atoms with van der Waals surface area (Å²) < 4.78 is 5.44. The van der Waals surface area contributed by atoms with Crippen LogP contribution in [0.5, 0.6) is 0 Å². The van der Waals surface area contributed by atoms with Crippen molar-refractivity contribution in [3.8, 4) is 0 Å². The van der Waals surface area contributed by atoms with E-state index >= 15 is 0 Å². The number of rotatable bonds is 8. The van der Waals surface area contributed by atoms with Gasteiger partial charge >= 0.3 is 12.0 Å². The van der Waals surface area contributed by atoms with Crippen LogP contribution in [0.4, 0.5) is 4.79 Å². The van der Waals surface area contributed by atoms with E-state index in [1.54, 1.807) is 31.2 Å². The number of carbonyl (C=O) groups excluding carboxylic acids is 3. The van der Waals surface area contributed by atoms with Crippen molar-refractivity contribution in [2.45, 2.75) is 13.0 Å². The molecular formula is C28H31ClN4O4. The van der Waals surface area contributed by atoms with Crippen molar-refractivity contribution in [3.05, 3.63) is 94.7 Å². The van der Waals surface area contributed by atoms with E-state index in [1.807, 2.05) is 41.3 Å². The van der Waals surface area contributed by atoms with Gasteiger partial charge in [-0.2, -0.15) is 0 Å². The molecule has 0 bridgehead atoms. The van der Waals surface area contributed by atoms with Gasteiger partial charge in [-0.05, 0) is 30.7 Å². The summed E-state index contributed by atoms with van der Waals surface area (Å²) in [7, 11) is 0. The van der Waals surface area contributed by atoms with Crippen LogP contribution >= 0.6 is 11.6 Å². The van der Waals surface area contributed by atoms with E-state index in [4.69, 9.17) is 16.3 Å². The maximum Gasteiger partial charge on any atom is 0.338 e. The molecule has 37 heavy (non-hydrogen) atoms. The third kappa shape index (κ3) is 5.87. The van der Waals surface area contributed by atoms with Crippen LogP contribution in [0.1, 0.15) is 28.9 Å². The Morgan fingerprint density at radius 2 is 1.76 bits per heavy atom. The third-order valence-electron chi connectivity index (χ3n) is 6.52. The Balaban J connectivity index is 1.63. The molecule has 1 unspecified atom stereocenters. The molecular weight excluding hydrogens is 492 g/mol. The van der Waals surface area contributed by atoms with Gasteiger partial charge in [0.1, 0.15) is 0 Å². The Morgan fingerprint density at radius 3 is 2.41 bits per heavy atom. The van der Waals surface area contributed by atoms with E-state index < -0.39 is 12.0 Å². The van der Waals surface area contributed by atoms with Crippen LogP contribution < -0.4 is 5.32 Å². The molecule has 0 radical (unpaired) electrons. The van der Waals surface area contributed by atoms with E-state index in [1.165, 1.54) is 4.90 Å². The van der Waals surface area contributed by atoms with Gasteiger partial charge in [0.2, 0.25) is 0 Å². The van der Waals surface area contributed by atoms with Crippen LogP contribution in [-0.2, 0) is 9.53 Å². The van der Waals surface area contributed by atoms with E-state index in [9.17, 15) is 14.4 Å². The lowest BCUT2D eigenvalue weighted by Gasteiger charge is -2.40. The summed E-state index contributed by atoms with van der Waals surface area (Å²) in [5, 5.41) is 3.37. The fraction of sp³-hybridized carbons (Fsp3) is 0.321. The molecule has 2 aromatic carbocycles. The molecule has 2 heterocycles. The Kier molecular flexibility index (Phi) is 8.63. The van der Waals surface area contributed by atoms with E-state index in [0.717, 1.165) is 0 Å². The number of benzene rings is 2. The van der Waals surface area contributed by atoms with E-state index in [0.29, 0.717) is 60.1 Å². The number of carbonyl (C=O) groups is 3. The SMILES string of the molecule is C=CCN1C(=O)NC(c2ccccc2Cl)C(C(=O)OCC)=C1CN1CCN(C(=O)c2ccccc2)CC1. The zero-order chi connectivity index (χ0) is 26.4. The average Bonchev–Trinajstić information content (AvgIpc) is 2.91. The summed E-state index contributed by atoms with van der Waals surface area (Å²) >= 11 is 6.48. The molecule has 0 aromatic heterocycles. The molecule has 3 amide bonds. The molecule has 0 saturated carbocycles. The second kappa shape index (κ2) is 12.1. The Hall–Kier alpha value is -3.62. The van der Waals surface area contributed by atoms with Crippen LogP contribution in [0, 0.1) is 0 Å². The minimum atomic E-state index is -0.753. The molecule has 2 aliphatic rings. The molecule has 8 nitrogen and oxygen atoms in total. The molecule has 2 aromatic rings. The highest BCUT2D eigenvalue weighted by Crippen LogP contribution is 2.35. The number of esters is 1. The molecule has 2 aliphatic heterocycles. The lowest BCUT2D eigenvalue weighted by atomic mass is 9.94. The number of amides is 3. The number of halogens is 1. The van der Waals surface area contributed by atoms with Gasteiger partial charge in [-0.3, -0.25) is 14.6 Å². The van der Waals surface area contributed by atoms with Crippen molar-refractivity contribution in [1.82, 2.24) is 20.0 Å². The summed E-state index contributed by atoms with van der Waals surface area (Å²) in [6.07, 6.45) is 1.62. The molecule has 9 heteroatoms. The predicted molar refractivity (Wildman–Crippen MR) is 142 cm³/mol. The van der Waals surface area contributed by atoms with Crippen molar-refractivity contribution in [1.29, 1.82) is 0 Å². The van der Waals surface area contributed by atoms with Gasteiger partial charge in [0.05, 0.1) is 18.2 Å². The topological polar surface area (TPSA) is 82.2 Å². The molecule has 1 saturated heterocycles. The van der Waals surface area contributed by atoms with Crippen molar-refractivity contribution in [3.63, 3.8) is 0 Å². The number of urea groups is 1. The van der Waals surface area contributed by atoms with Crippen LogP contribution in [0.15, 0.2) is 78.5 Å². The minimum absolute atomic E-state index is 0.00390. The number of nitrogens with one attached hydrogen (secondary N) is 1. The first-order valence-corrected chi connectivity index (χ1v) is 12.7. The van der Waals surface area contributed by atoms with Gasteiger partial charge in [0.25, 0.3) is 5.91 Å². The zero-order valence-electron chi connectivity index (χ0n) is 20.9. The second-order valence-electron chi connectivity index (χ2n) is 8.82. The first-order valence-electron chi connectivity index (χ1n) is 12.3. The van der Waals surface area contributed by atoms with Gasteiger partial charge in [0.15, 0.2) is 0 Å². The highest BCUT2D eigenvalue weighted by Gasteiger charge is 2.39.